The van der Waals surface area contributed by atoms with Crippen molar-refractivity contribution in [1.82, 2.24) is 9.88 Å². The summed E-state index contributed by atoms with van der Waals surface area (Å²) >= 11 is 0. The maximum Gasteiger partial charge on any atom is 0.250 e. The number of ketones is 1. The highest BCUT2D eigenvalue weighted by Gasteiger charge is 2.21. The highest BCUT2D eigenvalue weighted by atomic mass is 32.2. The summed E-state index contributed by atoms with van der Waals surface area (Å²) in [6, 6.07) is 11.5. The van der Waals surface area contributed by atoms with Gasteiger partial charge in [0.25, 0.3) is 5.56 Å². The van der Waals surface area contributed by atoms with Crippen LogP contribution in [0.3, 0.4) is 0 Å². The average Bonchev–Trinajstić information content (AvgIpc) is 2.79. The van der Waals surface area contributed by atoms with Gasteiger partial charge in [-0.15, -0.1) is 0 Å². The quantitative estimate of drug-likeness (QED) is 0.508. The molecule has 3 aromatic rings. The van der Waals surface area contributed by atoms with Gasteiger partial charge < -0.3 is 9.88 Å². The number of carbonyl (C=O) groups is 1. The van der Waals surface area contributed by atoms with Crippen LogP contribution in [0.4, 0.5) is 4.39 Å². The van der Waals surface area contributed by atoms with E-state index in [-0.39, 0.29) is 28.9 Å². The van der Waals surface area contributed by atoms with Gasteiger partial charge >= 0.3 is 0 Å². The Kier molecular flexibility index (Phi) is 7.29. The Morgan fingerprint density at radius 2 is 1.76 bits per heavy atom. The van der Waals surface area contributed by atoms with Crippen molar-refractivity contribution in [3.05, 3.63) is 93.2 Å². The molecule has 0 aliphatic rings. The normalized spacial score (nSPS) is 12.5. The Balaban J connectivity index is 2.29. The lowest BCUT2D eigenvalue weighted by atomic mass is 9.89. The summed E-state index contributed by atoms with van der Waals surface area (Å²) in [6.07, 6.45) is 1.65. The predicted octanol–water partition coefficient (Wildman–Crippen LogP) is 3.64. The molecule has 0 saturated carbocycles. The van der Waals surface area contributed by atoms with Crippen molar-refractivity contribution in [1.29, 1.82) is 0 Å². The molecule has 0 fully saturated rings. The minimum absolute atomic E-state index is 0.000469. The molecule has 1 aromatic heterocycles. The zero-order valence-corrected chi connectivity index (χ0v) is 19.9. The molecule has 8 heteroatoms. The number of nitrogens with one attached hydrogen (secondary N) is 1. The fourth-order valence-electron chi connectivity index (χ4n) is 3.60. The summed E-state index contributed by atoms with van der Waals surface area (Å²) in [5, 5.41) is 3.12. The second-order valence-corrected chi connectivity index (χ2v) is 10.3. The van der Waals surface area contributed by atoms with E-state index in [0.717, 1.165) is 0 Å². The second-order valence-electron chi connectivity index (χ2n) is 7.99. The first kappa shape index (κ1) is 24.5. The number of pyridine rings is 1. The van der Waals surface area contributed by atoms with Gasteiger partial charge in [-0.25, -0.2) is 12.8 Å². The van der Waals surface area contributed by atoms with Crippen LogP contribution in [0, 0.1) is 5.82 Å². The fraction of sp³-hybridized carbons (Fsp3) is 0.280. The molecule has 0 spiro atoms. The Morgan fingerprint density at radius 1 is 1.09 bits per heavy atom. The lowest BCUT2D eigenvalue weighted by Crippen LogP contribution is -2.22. The lowest BCUT2D eigenvalue weighted by Gasteiger charge is -2.20. The van der Waals surface area contributed by atoms with Gasteiger partial charge in [0, 0.05) is 47.8 Å². The number of hydrogen-bond donors (Lipinski definition) is 1. The van der Waals surface area contributed by atoms with Crippen molar-refractivity contribution in [2.45, 2.75) is 25.6 Å². The van der Waals surface area contributed by atoms with Crippen LogP contribution >= 0.6 is 0 Å². The number of aryl methyl sites for hydroxylation is 1. The third-order valence-electron chi connectivity index (χ3n) is 5.71. The van der Waals surface area contributed by atoms with Gasteiger partial charge in [-0.3, -0.25) is 9.59 Å². The van der Waals surface area contributed by atoms with Crippen LogP contribution in [0.1, 0.15) is 46.9 Å². The van der Waals surface area contributed by atoms with Crippen molar-refractivity contribution in [3.8, 4) is 11.1 Å². The first-order valence-corrected chi connectivity index (χ1v) is 12.4. The van der Waals surface area contributed by atoms with Gasteiger partial charge in [0.2, 0.25) is 0 Å². The first-order chi connectivity index (χ1) is 15.6. The molecular weight excluding hydrogens is 443 g/mol. The summed E-state index contributed by atoms with van der Waals surface area (Å²) in [5.74, 6) is -0.938. The summed E-state index contributed by atoms with van der Waals surface area (Å²) in [7, 11) is 0.0805. The zero-order valence-electron chi connectivity index (χ0n) is 19.1. The molecule has 0 bridgehead atoms. The number of benzene rings is 2. The fourth-order valence-corrected chi connectivity index (χ4v) is 4.49. The van der Waals surface area contributed by atoms with Crippen LogP contribution < -0.4 is 10.9 Å². The van der Waals surface area contributed by atoms with E-state index in [1.807, 2.05) is 6.92 Å². The number of nitrogens with zero attached hydrogens (tertiary/aromatic N) is 1. The van der Waals surface area contributed by atoms with Crippen molar-refractivity contribution >= 4 is 15.6 Å². The topological polar surface area (TPSA) is 85.2 Å². The SMILES string of the molecule is CCS(=O)(=O)Cc1ccc(C(=O)c2ccc(F)cc2)c(-c2cn(C)c(=O)cc2[C@@H](C)NC)c1. The Hall–Kier alpha value is -3.10. The summed E-state index contributed by atoms with van der Waals surface area (Å²) in [4.78, 5) is 25.7. The van der Waals surface area contributed by atoms with Crippen LogP contribution in [0.5, 0.6) is 0 Å². The van der Waals surface area contributed by atoms with Crippen molar-refractivity contribution in [2.75, 3.05) is 12.8 Å². The molecule has 174 valence electrons. The van der Waals surface area contributed by atoms with Crippen molar-refractivity contribution in [3.63, 3.8) is 0 Å². The molecule has 3 rings (SSSR count). The van der Waals surface area contributed by atoms with Crippen LogP contribution in [0.15, 0.2) is 59.5 Å². The van der Waals surface area contributed by atoms with Crippen molar-refractivity contribution in [2.24, 2.45) is 7.05 Å². The summed E-state index contributed by atoms with van der Waals surface area (Å²) < 4.78 is 39.3. The summed E-state index contributed by atoms with van der Waals surface area (Å²) in [5.41, 5.74) is 2.82. The Labute approximate surface area is 193 Å². The molecule has 2 aromatic carbocycles. The minimum Gasteiger partial charge on any atom is -0.318 e. The maximum absolute atomic E-state index is 13.4. The number of carbonyl (C=O) groups excluding carboxylic acids is 1. The number of aromatic nitrogens is 1. The molecule has 0 radical (unpaired) electrons. The van der Waals surface area contributed by atoms with Gasteiger partial charge in [-0.1, -0.05) is 19.1 Å². The minimum atomic E-state index is -3.30. The molecule has 0 amide bonds. The third-order valence-corrected chi connectivity index (χ3v) is 7.36. The zero-order chi connectivity index (χ0) is 24.3. The average molecular weight is 471 g/mol. The van der Waals surface area contributed by atoms with Gasteiger partial charge in [-0.05, 0) is 61.0 Å². The van der Waals surface area contributed by atoms with E-state index >= 15 is 0 Å². The molecule has 1 atom stereocenters. The smallest absolute Gasteiger partial charge is 0.250 e. The van der Waals surface area contributed by atoms with Crippen LogP contribution in [-0.4, -0.2) is 31.6 Å². The van der Waals surface area contributed by atoms with Crippen LogP contribution in [-0.2, 0) is 22.6 Å². The number of sulfone groups is 1. The van der Waals surface area contributed by atoms with Crippen LogP contribution in [0.2, 0.25) is 0 Å². The highest BCUT2D eigenvalue weighted by molar-refractivity contribution is 7.90. The standard InChI is InChI=1S/C25H27FN2O4S/c1-5-33(31,32)15-17-6-11-20(25(30)18-7-9-19(26)10-8-18)22(12-17)23-14-28(4)24(29)13-21(23)16(2)27-3/h6-14,16,27H,5,15H2,1-4H3/t16-/m1/s1. The molecule has 6 nitrogen and oxygen atoms in total. The lowest BCUT2D eigenvalue weighted by molar-refractivity contribution is 0.103. The summed E-state index contributed by atoms with van der Waals surface area (Å²) in [6.45, 7) is 3.48. The molecule has 0 unspecified atom stereocenters. The molecule has 1 N–H and O–H groups in total. The Morgan fingerprint density at radius 3 is 2.36 bits per heavy atom. The highest BCUT2D eigenvalue weighted by Crippen LogP contribution is 2.32. The van der Waals surface area contributed by atoms with E-state index < -0.39 is 15.7 Å². The van der Waals surface area contributed by atoms with E-state index in [0.29, 0.717) is 33.4 Å². The predicted molar refractivity (Wildman–Crippen MR) is 128 cm³/mol. The maximum atomic E-state index is 13.4. The molecular formula is C25H27FN2O4S. The number of halogens is 1. The number of rotatable bonds is 8. The molecule has 0 saturated heterocycles. The molecule has 1 heterocycles. The van der Waals surface area contributed by atoms with Crippen LogP contribution in [0.25, 0.3) is 11.1 Å². The van der Waals surface area contributed by atoms with E-state index in [4.69, 9.17) is 0 Å². The first-order valence-electron chi connectivity index (χ1n) is 10.6. The molecule has 0 aliphatic heterocycles. The largest absolute Gasteiger partial charge is 0.318 e. The van der Waals surface area contributed by atoms with E-state index in [1.54, 1.807) is 45.4 Å². The molecule has 33 heavy (non-hydrogen) atoms. The molecule has 0 aliphatic carbocycles. The number of hydrogen-bond acceptors (Lipinski definition) is 5. The van der Waals surface area contributed by atoms with Gasteiger partial charge in [0.05, 0.1) is 5.75 Å². The van der Waals surface area contributed by atoms with E-state index in [9.17, 15) is 22.4 Å². The second kappa shape index (κ2) is 9.80. The third kappa shape index (κ3) is 5.46. The van der Waals surface area contributed by atoms with Gasteiger partial charge in [0.15, 0.2) is 15.6 Å². The van der Waals surface area contributed by atoms with Gasteiger partial charge in [-0.2, -0.15) is 0 Å². The van der Waals surface area contributed by atoms with Crippen molar-refractivity contribution < 1.29 is 17.6 Å². The monoisotopic (exact) mass is 470 g/mol. The van der Waals surface area contributed by atoms with E-state index in [2.05, 4.69) is 5.32 Å². The van der Waals surface area contributed by atoms with E-state index in [1.165, 1.54) is 34.9 Å². The van der Waals surface area contributed by atoms with Gasteiger partial charge in [0.1, 0.15) is 5.82 Å². The Bertz CT molecular complexity index is 1350.